The fraction of sp³-hybridized carbons (Fsp3) is 0.571. The number of carbonyl (C=O) groups excluding carboxylic acids is 2. The van der Waals surface area contributed by atoms with Crippen molar-refractivity contribution in [1.29, 1.82) is 0 Å². The minimum Gasteiger partial charge on any atom is -0.356 e. The average Bonchev–Trinajstić information content (AvgIpc) is 2.81. The largest absolute Gasteiger partial charge is 0.356 e. The molecule has 18 heavy (non-hydrogen) atoms. The Morgan fingerprint density at radius 1 is 1.33 bits per heavy atom. The van der Waals surface area contributed by atoms with Gasteiger partial charge in [0, 0.05) is 19.4 Å². The van der Waals surface area contributed by atoms with Gasteiger partial charge in [-0.3, -0.25) is 9.59 Å². The van der Waals surface area contributed by atoms with E-state index < -0.39 is 0 Å². The lowest BCUT2D eigenvalue weighted by Crippen LogP contribution is -2.25. The summed E-state index contributed by atoms with van der Waals surface area (Å²) >= 11 is 1.46. The van der Waals surface area contributed by atoms with E-state index >= 15 is 0 Å². The number of hydrogen-bond donors (Lipinski definition) is 1. The zero-order valence-electron chi connectivity index (χ0n) is 11.1. The third-order valence-corrected chi connectivity index (χ3v) is 3.56. The van der Waals surface area contributed by atoms with Gasteiger partial charge in [-0.15, -0.1) is 11.3 Å². The molecule has 0 aliphatic carbocycles. The van der Waals surface area contributed by atoms with Gasteiger partial charge in [0.1, 0.15) is 0 Å². The Balaban J connectivity index is 2.10. The SMILES string of the molecule is CC(C)CCNC(=O)CCCC(=O)c1cccs1. The Morgan fingerprint density at radius 3 is 2.72 bits per heavy atom. The number of carbonyl (C=O) groups is 2. The Kier molecular flexibility index (Phi) is 6.65. The van der Waals surface area contributed by atoms with Crippen LogP contribution in [0, 0.1) is 5.92 Å². The van der Waals surface area contributed by atoms with Crippen molar-refractivity contribution < 1.29 is 9.59 Å². The molecule has 0 spiro atoms. The molecule has 1 rings (SSSR count). The summed E-state index contributed by atoms with van der Waals surface area (Å²) in [7, 11) is 0. The van der Waals surface area contributed by atoms with Crippen LogP contribution in [0.2, 0.25) is 0 Å². The van der Waals surface area contributed by atoms with Crippen LogP contribution in [0.5, 0.6) is 0 Å². The molecule has 0 fully saturated rings. The second-order valence-corrected chi connectivity index (χ2v) is 5.73. The summed E-state index contributed by atoms with van der Waals surface area (Å²) in [4.78, 5) is 23.9. The lowest BCUT2D eigenvalue weighted by atomic mass is 10.1. The molecule has 1 N–H and O–H groups in total. The zero-order valence-corrected chi connectivity index (χ0v) is 11.9. The van der Waals surface area contributed by atoms with Crippen LogP contribution in [0.1, 0.15) is 49.2 Å². The van der Waals surface area contributed by atoms with Gasteiger partial charge in [-0.05, 0) is 30.2 Å². The first-order chi connectivity index (χ1) is 8.59. The minimum atomic E-state index is 0.0506. The van der Waals surface area contributed by atoms with Crippen molar-refractivity contribution in [3.63, 3.8) is 0 Å². The third kappa shape index (κ3) is 5.96. The van der Waals surface area contributed by atoms with Crippen molar-refractivity contribution in [2.24, 2.45) is 5.92 Å². The number of rotatable bonds is 8. The van der Waals surface area contributed by atoms with Gasteiger partial charge in [-0.25, -0.2) is 0 Å². The summed E-state index contributed by atoms with van der Waals surface area (Å²) in [6.07, 6.45) is 2.53. The van der Waals surface area contributed by atoms with E-state index in [0.717, 1.165) is 17.8 Å². The van der Waals surface area contributed by atoms with Crippen LogP contribution in [0.4, 0.5) is 0 Å². The highest BCUT2D eigenvalue weighted by Crippen LogP contribution is 2.12. The molecule has 4 heteroatoms. The van der Waals surface area contributed by atoms with Gasteiger partial charge in [0.15, 0.2) is 5.78 Å². The standard InChI is InChI=1S/C14H21NO2S/c1-11(2)8-9-15-14(17)7-3-5-12(16)13-6-4-10-18-13/h4,6,10-11H,3,5,7-9H2,1-2H3,(H,15,17). The molecule has 0 aliphatic rings. The third-order valence-electron chi connectivity index (χ3n) is 2.65. The fourth-order valence-corrected chi connectivity index (χ4v) is 2.25. The molecule has 0 aromatic carbocycles. The molecule has 1 aromatic rings. The van der Waals surface area contributed by atoms with Gasteiger partial charge in [0.05, 0.1) is 4.88 Å². The van der Waals surface area contributed by atoms with E-state index in [1.165, 1.54) is 11.3 Å². The van der Waals surface area contributed by atoms with Crippen molar-refractivity contribution in [2.45, 2.75) is 39.5 Å². The van der Waals surface area contributed by atoms with E-state index in [2.05, 4.69) is 19.2 Å². The van der Waals surface area contributed by atoms with Crippen molar-refractivity contribution in [1.82, 2.24) is 5.32 Å². The molecule has 100 valence electrons. The van der Waals surface area contributed by atoms with Gasteiger partial charge >= 0.3 is 0 Å². The topological polar surface area (TPSA) is 46.2 Å². The van der Waals surface area contributed by atoms with Crippen LogP contribution in [0.3, 0.4) is 0 Å². The zero-order chi connectivity index (χ0) is 13.4. The predicted octanol–water partition coefficient (Wildman–Crippen LogP) is 3.26. The van der Waals surface area contributed by atoms with Crippen molar-refractivity contribution >= 4 is 23.0 Å². The number of nitrogens with one attached hydrogen (secondary N) is 1. The highest BCUT2D eigenvalue weighted by atomic mass is 32.1. The molecule has 1 heterocycles. The molecule has 0 radical (unpaired) electrons. The summed E-state index contributed by atoms with van der Waals surface area (Å²) in [5.74, 6) is 0.792. The van der Waals surface area contributed by atoms with Crippen molar-refractivity contribution in [3.05, 3.63) is 22.4 Å². The average molecular weight is 267 g/mol. The molecule has 0 bridgehead atoms. The number of ketones is 1. The smallest absolute Gasteiger partial charge is 0.220 e. The molecule has 0 unspecified atom stereocenters. The van der Waals surface area contributed by atoms with Crippen LogP contribution >= 0.6 is 11.3 Å². The highest BCUT2D eigenvalue weighted by Gasteiger charge is 2.08. The molecule has 0 saturated heterocycles. The molecule has 0 atom stereocenters. The number of hydrogen-bond acceptors (Lipinski definition) is 3. The van der Waals surface area contributed by atoms with Gasteiger partial charge in [0.2, 0.25) is 5.91 Å². The first kappa shape index (κ1) is 14.9. The lowest BCUT2D eigenvalue weighted by molar-refractivity contribution is -0.121. The number of thiophene rings is 1. The summed E-state index contributed by atoms with van der Waals surface area (Å²) in [5, 5.41) is 4.77. The fourth-order valence-electron chi connectivity index (χ4n) is 1.56. The maximum Gasteiger partial charge on any atom is 0.220 e. The molecule has 0 aliphatic heterocycles. The second-order valence-electron chi connectivity index (χ2n) is 4.79. The number of Topliss-reactive ketones (excluding diaryl/α,β-unsaturated/α-hetero) is 1. The van der Waals surface area contributed by atoms with Crippen LogP contribution in [0.15, 0.2) is 17.5 Å². The maximum atomic E-state index is 11.7. The molecule has 1 amide bonds. The number of amides is 1. The van der Waals surface area contributed by atoms with E-state index in [1.807, 2.05) is 17.5 Å². The van der Waals surface area contributed by atoms with E-state index in [1.54, 1.807) is 0 Å². The van der Waals surface area contributed by atoms with E-state index in [4.69, 9.17) is 0 Å². The quantitative estimate of drug-likeness (QED) is 0.735. The summed E-state index contributed by atoms with van der Waals surface area (Å²) < 4.78 is 0. The summed E-state index contributed by atoms with van der Waals surface area (Å²) in [5.41, 5.74) is 0. The van der Waals surface area contributed by atoms with E-state index in [9.17, 15) is 9.59 Å². The normalized spacial score (nSPS) is 10.6. The first-order valence-electron chi connectivity index (χ1n) is 6.43. The van der Waals surface area contributed by atoms with Crippen LogP contribution in [-0.4, -0.2) is 18.2 Å². The summed E-state index contributed by atoms with van der Waals surface area (Å²) in [6.45, 7) is 4.99. The Hall–Kier alpha value is -1.16. The molecule has 1 aromatic heterocycles. The highest BCUT2D eigenvalue weighted by molar-refractivity contribution is 7.12. The van der Waals surface area contributed by atoms with Crippen molar-refractivity contribution in [2.75, 3.05) is 6.54 Å². The van der Waals surface area contributed by atoms with Crippen LogP contribution in [0.25, 0.3) is 0 Å². The maximum absolute atomic E-state index is 11.7. The Morgan fingerprint density at radius 2 is 2.11 bits per heavy atom. The molecule has 0 saturated carbocycles. The molecular formula is C14H21NO2S. The second kappa shape index (κ2) is 8.03. The van der Waals surface area contributed by atoms with Gasteiger partial charge in [-0.1, -0.05) is 19.9 Å². The van der Waals surface area contributed by atoms with E-state index in [0.29, 0.717) is 25.2 Å². The Labute approximate surface area is 113 Å². The molecule has 3 nitrogen and oxygen atoms in total. The van der Waals surface area contributed by atoms with Gasteiger partial charge in [-0.2, -0.15) is 0 Å². The van der Waals surface area contributed by atoms with Crippen LogP contribution in [-0.2, 0) is 4.79 Å². The molecular weight excluding hydrogens is 246 g/mol. The monoisotopic (exact) mass is 267 g/mol. The van der Waals surface area contributed by atoms with Crippen LogP contribution < -0.4 is 5.32 Å². The lowest BCUT2D eigenvalue weighted by Gasteiger charge is -2.06. The van der Waals surface area contributed by atoms with Gasteiger partial charge < -0.3 is 5.32 Å². The predicted molar refractivity (Wildman–Crippen MR) is 75.0 cm³/mol. The minimum absolute atomic E-state index is 0.0506. The summed E-state index contributed by atoms with van der Waals surface area (Å²) in [6, 6.07) is 3.70. The van der Waals surface area contributed by atoms with Gasteiger partial charge in [0.25, 0.3) is 0 Å². The van der Waals surface area contributed by atoms with E-state index in [-0.39, 0.29) is 11.7 Å². The Bertz CT molecular complexity index is 371. The van der Waals surface area contributed by atoms with Crippen molar-refractivity contribution in [3.8, 4) is 0 Å². The first-order valence-corrected chi connectivity index (χ1v) is 7.31.